The van der Waals surface area contributed by atoms with Crippen molar-refractivity contribution >= 4 is 33.3 Å². The maximum absolute atomic E-state index is 13.5. The number of amides is 1. The molecule has 40 heavy (non-hydrogen) atoms. The molecule has 1 amide bonds. The Labute approximate surface area is 233 Å². The number of hydrogen-bond acceptors (Lipinski definition) is 5. The molecule has 0 saturated carbocycles. The van der Waals surface area contributed by atoms with Crippen molar-refractivity contribution in [3.8, 4) is 0 Å². The van der Waals surface area contributed by atoms with Gasteiger partial charge in [-0.1, -0.05) is 54.6 Å². The molecule has 7 heteroatoms. The Hall–Kier alpha value is -4.49. The van der Waals surface area contributed by atoms with Crippen LogP contribution >= 0.6 is 0 Å². The van der Waals surface area contributed by atoms with Gasteiger partial charge in [0, 0.05) is 67.1 Å². The predicted molar refractivity (Wildman–Crippen MR) is 161 cm³/mol. The molecule has 202 valence electrons. The topological polar surface area (TPSA) is 70.5 Å². The first-order valence-corrected chi connectivity index (χ1v) is 13.9. The SMILES string of the molecule is O=C(NCCCN1CCN(c2ccccc2)CC1)c1ccc2c3cnccc3c(=O)n(Cc3ccccc3)c2c1. The van der Waals surface area contributed by atoms with Gasteiger partial charge < -0.3 is 14.8 Å². The number of para-hydroxylation sites is 1. The summed E-state index contributed by atoms with van der Waals surface area (Å²) in [4.78, 5) is 35.8. The van der Waals surface area contributed by atoms with Gasteiger partial charge in [0.15, 0.2) is 0 Å². The zero-order valence-electron chi connectivity index (χ0n) is 22.5. The van der Waals surface area contributed by atoms with Gasteiger partial charge in [-0.3, -0.25) is 19.5 Å². The molecule has 2 aromatic heterocycles. The molecule has 0 aliphatic carbocycles. The maximum Gasteiger partial charge on any atom is 0.259 e. The molecular weight excluding hydrogens is 498 g/mol. The van der Waals surface area contributed by atoms with Crippen molar-refractivity contribution in [2.75, 3.05) is 44.2 Å². The number of carbonyl (C=O) groups is 1. The number of rotatable bonds is 8. The normalized spacial score (nSPS) is 14.1. The molecule has 0 atom stereocenters. The van der Waals surface area contributed by atoms with Gasteiger partial charge in [-0.2, -0.15) is 0 Å². The van der Waals surface area contributed by atoms with Crippen molar-refractivity contribution in [3.05, 3.63) is 119 Å². The van der Waals surface area contributed by atoms with E-state index in [0.29, 0.717) is 24.0 Å². The van der Waals surface area contributed by atoms with Gasteiger partial charge in [0.25, 0.3) is 11.5 Å². The number of piperazine rings is 1. The first-order valence-electron chi connectivity index (χ1n) is 13.9. The molecule has 6 rings (SSSR count). The van der Waals surface area contributed by atoms with Gasteiger partial charge in [0.2, 0.25) is 0 Å². The summed E-state index contributed by atoms with van der Waals surface area (Å²) < 4.78 is 1.76. The first-order chi connectivity index (χ1) is 19.7. The molecule has 7 nitrogen and oxygen atoms in total. The van der Waals surface area contributed by atoms with Gasteiger partial charge >= 0.3 is 0 Å². The van der Waals surface area contributed by atoms with Crippen LogP contribution in [0.15, 0.2) is 102 Å². The minimum atomic E-state index is -0.124. The van der Waals surface area contributed by atoms with E-state index in [2.05, 4.69) is 50.4 Å². The third-order valence-electron chi connectivity index (χ3n) is 7.75. The summed E-state index contributed by atoms with van der Waals surface area (Å²) in [5.74, 6) is -0.124. The number of nitrogens with one attached hydrogen (secondary N) is 1. The fraction of sp³-hybridized carbons (Fsp3) is 0.242. The lowest BCUT2D eigenvalue weighted by molar-refractivity contribution is 0.0951. The summed E-state index contributed by atoms with van der Waals surface area (Å²) in [6.45, 7) is 6.07. The average Bonchev–Trinajstić information content (AvgIpc) is 3.02. The molecule has 0 spiro atoms. The minimum Gasteiger partial charge on any atom is -0.369 e. The number of benzene rings is 3. The lowest BCUT2D eigenvalue weighted by Gasteiger charge is -2.36. The molecule has 1 fully saturated rings. The number of fused-ring (bicyclic) bond motifs is 3. The molecule has 1 aliphatic rings. The van der Waals surface area contributed by atoms with Gasteiger partial charge in [-0.25, -0.2) is 0 Å². The van der Waals surface area contributed by atoms with E-state index in [-0.39, 0.29) is 11.5 Å². The molecule has 5 aromatic rings. The number of nitrogens with zero attached hydrogens (tertiary/aromatic N) is 4. The van der Waals surface area contributed by atoms with Crippen LogP contribution in [0, 0.1) is 0 Å². The minimum absolute atomic E-state index is 0.0846. The van der Waals surface area contributed by atoms with Crippen LogP contribution in [-0.2, 0) is 6.54 Å². The Kier molecular flexibility index (Phi) is 7.55. The second kappa shape index (κ2) is 11.7. The van der Waals surface area contributed by atoms with Crippen LogP contribution in [0.2, 0.25) is 0 Å². The molecule has 3 heterocycles. The van der Waals surface area contributed by atoms with Crippen molar-refractivity contribution in [2.24, 2.45) is 0 Å². The third kappa shape index (κ3) is 5.46. The van der Waals surface area contributed by atoms with Crippen molar-refractivity contribution in [1.29, 1.82) is 0 Å². The monoisotopic (exact) mass is 531 g/mol. The molecule has 0 unspecified atom stereocenters. The highest BCUT2D eigenvalue weighted by Gasteiger charge is 2.17. The second-order valence-corrected chi connectivity index (χ2v) is 10.3. The van der Waals surface area contributed by atoms with E-state index in [0.717, 1.165) is 61.0 Å². The van der Waals surface area contributed by atoms with Crippen molar-refractivity contribution in [2.45, 2.75) is 13.0 Å². The van der Waals surface area contributed by atoms with Crippen LogP contribution in [0.1, 0.15) is 22.3 Å². The zero-order chi connectivity index (χ0) is 27.3. The van der Waals surface area contributed by atoms with Crippen LogP contribution in [0.4, 0.5) is 5.69 Å². The molecule has 1 saturated heterocycles. The summed E-state index contributed by atoms with van der Waals surface area (Å²) in [6.07, 6.45) is 4.26. The van der Waals surface area contributed by atoms with Gasteiger partial charge in [-0.05, 0) is 48.9 Å². The fourth-order valence-electron chi connectivity index (χ4n) is 5.57. The zero-order valence-corrected chi connectivity index (χ0v) is 22.5. The number of anilines is 1. The predicted octanol–water partition coefficient (Wildman–Crippen LogP) is 4.54. The summed E-state index contributed by atoms with van der Waals surface area (Å²) in [7, 11) is 0. The lowest BCUT2D eigenvalue weighted by atomic mass is 10.0. The fourth-order valence-corrected chi connectivity index (χ4v) is 5.57. The summed E-state index contributed by atoms with van der Waals surface area (Å²) in [6, 6.07) is 27.8. The molecule has 0 bridgehead atoms. The van der Waals surface area contributed by atoms with Crippen LogP contribution in [0.25, 0.3) is 21.7 Å². The summed E-state index contributed by atoms with van der Waals surface area (Å²) in [5, 5.41) is 5.41. The van der Waals surface area contributed by atoms with Crippen LogP contribution in [-0.4, -0.2) is 59.6 Å². The number of aromatic nitrogens is 2. The molecule has 0 radical (unpaired) electrons. The maximum atomic E-state index is 13.5. The van der Waals surface area contributed by atoms with Gasteiger partial charge in [0.1, 0.15) is 0 Å². The van der Waals surface area contributed by atoms with Crippen molar-refractivity contribution in [1.82, 2.24) is 19.8 Å². The highest BCUT2D eigenvalue weighted by atomic mass is 16.1. The van der Waals surface area contributed by atoms with Crippen LogP contribution in [0.5, 0.6) is 0 Å². The second-order valence-electron chi connectivity index (χ2n) is 10.3. The van der Waals surface area contributed by atoms with Crippen LogP contribution < -0.4 is 15.8 Å². The lowest BCUT2D eigenvalue weighted by Crippen LogP contribution is -2.47. The smallest absolute Gasteiger partial charge is 0.259 e. The van der Waals surface area contributed by atoms with Gasteiger partial charge in [0.05, 0.1) is 17.4 Å². The van der Waals surface area contributed by atoms with E-state index in [4.69, 9.17) is 0 Å². The molecule has 3 aromatic carbocycles. The number of hydrogen-bond donors (Lipinski definition) is 1. The Morgan fingerprint density at radius 1 is 0.825 bits per heavy atom. The van der Waals surface area contributed by atoms with Crippen LogP contribution in [0.3, 0.4) is 0 Å². The Morgan fingerprint density at radius 2 is 1.57 bits per heavy atom. The van der Waals surface area contributed by atoms with E-state index in [1.165, 1.54) is 5.69 Å². The highest BCUT2D eigenvalue weighted by molar-refractivity contribution is 6.07. The molecular formula is C33H33N5O2. The van der Waals surface area contributed by atoms with E-state index in [9.17, 15) is 9.59 Å². The van der Waals surface area contributed by atoms with E-state index in [1.807, 2.05) is 48.5 Å². The largest absolute Gasteiger partial charge is 0.369 e. The highest BCUT2D eigenvalue weighted by Crippen LogP contribution is 2.24. The Morgan fingerprint density at radius 3 is 2.35 bits per heavy atom. The summed E-state index contributed by atoms with van der Waals surface area (Å²) in [5.41, 5.74) is 3.51. The molecule has 1 N–H and O–H groups in total. The molecule has 1 aliphatic heterocycles. The Bertz CT molecular complexity index is 1680. The number of pyridine rings is 2. The standard InChI is InChI=1S/C33H33N5O2/c39-32(35-15-7-17-36-18-20-37(21-19-36)27-10-5-2-6-11-27)26-12-13-28-30-23-34-16-14-29(30)33(40)38(31(28)22-26)24-25-8-3-1-4-9-25/h1-6,8-14,16,22-23H,7,15,17-21,24H2,(H,35,39). The number of carbonyl (C=O) groups excluding carboxylic acids is 1. The van der Waals surface area contributed by atoms with Crippen molar-refractivity contribution in [3.63, 3.8) is 0 Å². The summed E-state index contributed by atoms with van der Waals surface area (Å²) >= 11 is 0. The van der Waals surface area contributed by atoms with E-state index in [1.54, 1.807) is 23.0 Å². The quantitative estimate of drug-likeness (QED) is 0.235. The van der Waals surface area contributed by atoms with E-state index >= 15 is 0 Å². The van der Waals surface area contributed by atoms with E-state index < -0.39 is 0 Å². The van der Waals surface area contributed by atoms with Gasteiger partial charge in [-0.15, -0.1) is 0 Å². The van der Waals surface area contributed by atoms with Crippen molar-refractivity contribution < 1.29 is 4.79 Å². The Balaban J connectivity index is 1.13. The first kappa shape index (κ1) is 25.8. The average molecular weight is 532 g/mol. The third-order valence-corrected chi connectivity index (χ3v) is 7.75.